The Morgan fingerprint density at radius 1 is 0.778 bits per heavy atom. The minimum Gasteiger partial charge on any atom is -0.338 e. The van der Waals surface area contributed by atoms with Gasteiger partial charge in [-0.2, -0.15) is 5.10 Å². The highest BCUT2D eigenvalue weighted by molar-refractivity contribution is 5.80. The van der Waals surface area contributed by atoms with E-state index in [1.54, 1.807) is 25.4 Å². The van der Waals surface area contributed by atoms with E-state index < -0.39 is 6.04 Å². The Morgan fingerprint density at radius 3 is 1.94 bits per heavy atom. The normalized spacial score (nSPS) is 15.1. The van der Waals surface area contributed by atoms with Gasteiger partial charge in [0.25, 0.3) is 5.56 Å². The van der Waals surface area contributed by atoms with Gasteiger partial charge in [-0.05, 0) is 36.2 Å². The summed E-state index contributed by atoms with van der Waals surface area (Å²) in [6.45, 7) is 4.42. The molecule has 0 spiro atoms. The molecule has 1 aliphatic rings. The maximum absolute atomic E-state index is 13.4. The Balaban J connectivity index is 1.32. The van der Waals surface area contributed by atoms with Crippen molar-refractivity contribution in [2.75, 3.05) is 26.2 Å². The molecule has 36 heavy (non-hydrogen) atoms. The van der Waals surface area contributed by atoms with E-state index >= 15 is 0 Å². The molecule has 1 atom stereocenters. The van der Waals surface area contributed by atoms with Crippen molar-refractivity contribution in [1.82, 2.24) is 24.6 Å². The molecule has 0 saturated carbocycles. The number of hydrogen-bond donors (Lipinski definition) is 0. The zero-order valence-electron chi connectivity index (χ0n) is 20.3. The summed E-state index contributed by atoms with van der Waals surface area (Å²) in [5, 5.41) is 4.50. The van der Waals surface area contributed by atoms with Gasteiger partial charge >= 0.3 is 0 Å². The van der Waals surface area contributed by atoms with E-state index in [9.17, 15) is 9.59 Å². The van der Waals surface area contributed by atoms with E-state index in [0.29, 0.717) is 18.8 Å². The van der Waals surface area contributed by atoms with Crippen LogP contribution in [0.4, 0.5) is 0 Å². The standard InChI is InChI=1S/C29H29N5O2/c1-22(34-27(35)13-12-26(31-34)23-14-16-30-17-15-23)29(36)33-20-18-32(19-21-33)28(24-8-4-2-5-9-24)25-10-6-3-7-11-25/h2-17,22,28H,18-21H2,1H3. The van der Waals surface area contributed by atoms with Crippen LogP contribution in [0.5, 0.6) is 0 Å². The summed E-state index contributed by atoms with van der Waals surface area (Å²) in [4.78, 5) is 34.3. The molecule has 1 unspecified atom stereocenters. The molecule has 1 saturated heterocycles. The molecule has 0 N–H and O–H groups in total. The first-order chi connectivity index (χ1) is 17.6. The fraction of sp³-hybridized carbons (Fsp3) is 0.241. The summed E-state index contributed by atoms with van der Waals surface area (Å²) < 4.78 is 1.29. The number of aromatic nitrogens is 3. The lowest BCUT2D eigenvalue weighted by atomic mass is 9.96. The predicted molar refractivity (Wildman–Crippen MR) is 139 cm³/mol. The quantitative estimate of drug-likeness (QED) is 0.421. The van der Waals surface area contributed by atoms with Gasteiger partial charge < -0.3 is 4.90 Å². The molecule has 1 aliphatic heterocycles. The third-order valence-electron chi connectivity index (χ3n) is 6.75. The molecule has 0 bridgehead atoms. The van der Waals surface area contributed by atoms with Crippen molar-refractivity contribution in [3.05, 3.63) is 119 Å². The second-order valence-corrected chi connectivity index (χ2v) is 9.00. The maximum atomic E-state index is 13.4. The minimum absolute atomic E-state index is 0.0906. The molecule has 1 fully saturated rings. The number of amides is 1. The number of benzene rings is 2. The Morgan fingerprint density at radius 2 is 1.36 bits per heavy atom. The van der Waals surface area contributed by atoms with Crippen LogP contribution in [-0.4, -0.2) is 56.7 Å². The number of nitrogens with zero attached hydrogens (tertiary/aromatic N) is 5. The van der Waals surface area contributed by atoms with Crippen molar-refractivity contribution >= 4 is 5.91 Å². The third kappa shape index (κ3) is 4.97. The van der Waals surface area contributed by atoms with Gasteiger partial charge in [0.05, 0.1) is 11.7 Å². The van der Waals surface area contributed by atoms with Crippen molar-refractivity contribution in [1.29, 1.82) is 0 Å². The molecule has 5 rings (SSSR count). The van der Waals surface area contributed by atoms with Crippen LogP contribution in [0, 0.1) is 0 Å². The Kier molecular flexibility index (Phi) is 7.00. The second kappa shape index (κ2) is 10.7. The van der Waals surface area contributed by atoms with Gasteiger partial charge in [-0.1, -0.05) is 60.7 Å². The first-order valence-corrected chi connectivity index (χ1v) is 12.2. The highest BCUT2D eigenvalue weighted by Crippen LogP contribution is 2.29. The van der Waals surface area contributed by atoms with E-state index in [0.717, 1.165) is 18.7 Å². The lowest BCUT2D eigenvalue weighted by Crippen LogP contribution is -2.52. The molecule has 0 aliphatic carbocycles. The van der Waals surface area contributed by atoms with Crippen molar-refractivity contribution in [3.63, 3.8) is 0 Å². The molecular weight excluding hydrogens is 450 g/mol. The van der Waals surface area contributed by atoms with Crippen molar-refractivity contribution in [2.24, 2.45) is 0 Å². The SMILES string of the molecule is CC(C(=O)N1CCN(C(c2ccccc2)c2ccccc2)CC1)n1nc(-c2ccncc2)ccc1=O. The lowest BCUT2D eigenvalue weighted by Gasteiger charge is -2.40. The molecule has 1 amide bonds. The fourth-order valence-corrected chi connectivity index (χ4v) is 4.83. The van der Waals surface area contributed by atoms with Gasteiger partial charge in [0.1, 0.15) is 6.04 Å². The first-order valence-electron chi connectivity index (χ1n) is 12.2. The van der Waals surface area contributed by atoms with Crippen LogP contribution in [0.15, 0.2) is 102 Å². The number of carbonyl (C=O) groups excluding carboxylic acids is 1. The summed E-state index contributed by atoms with van der Waals surface area (Å²) in [5.74, 6) is -0.0906. The molecule has 7 heteroatoms. The molecular formula is C29H29N5O2. The smallest absolute Gasteiger partial charge is 0.267 e. The van der Waals surface area contributed by atoms with Gasteiger partial charge in [0.15, 0.2) is 0 Å². The van der Waals surface area contributed by atoms with E-state index in [1.807, 2.05) is 29.2 Å². The van der Waals surface area contributed by atoms with Gasteiger partial charge in [-0.15, -0.1) is 0 Å². The average molecular weight is 480 g/mol. The van der Waals surface area contributed by atoms with Gasteiger partial charge in [0, 0.05) is 50.2 Å². The molecule has 0 radical (unpaired) electrons. The van der Waals surface area contributed by atoms with Crippen molar-refractivity contribution in [3.8, 4) is 11.3 Å². The fourth-order valence-electron chi connectivity index (χ4n) is 4.83. The van der Waals surface area contributed by atoms with E-state index in [4.69, 9.17) is 0 Å². The molecule has 3 heterocycles. The zero-order valence-corrected chi connectivity index (χ0v) is 20.3. The summed E-state index contributed by atoms with van der Waals surface area (Å²) in [6, 6.07) is 27.2. The summed E-state index contributed by atoms with van der Waals surface area (Å²) >= 11 is 0. The molecule has 4 aromatic rings. The Hall–Kier alpha value is -4.10. The molecule has 2 aromatic carbocycles. The van der Waals surface area contributed by atoms with Gasteiger partial charge in [0.2, 0.25) is 5.91 Å². The van der Waals surface area contributed by atoms with Crippen LogP contribution in [0.3, 0.4) is 0 Å². The third-order valence-corrected chi connectivity index (χ3v) is 6.75. The highest BCUT2D eigenvalue weighted by Gasteiger charge is 2.31. The first kappa shape index (κ1) is 23.6. The van der Waals surface area contributed by atoms with Crippen LogP contribution < -0.4 is 5.56 Å². The van der Waals surface area contributed by atoms with Crippen LogP contribution in [0.1, 0.15) is 30.1 Å². The van der Waals surface area contributed by atoms with Crippen LogP contribution >= 0.6 is 0 Å². The van der Waals surface area contributed by atoms with Gasteiger partial charge in [-0.3, -0.25) is 19.5 Å². The molecule has 182 valence electrons. The van der Waals surface area contributed by atoms with Crippen LogP contribution in [0.2, 0.25) is 0 Å². The topological polar surface area (TPSA) is 71.3 Å². The maximum Gasteiger partial charge on any atom is 0.267 e. The zero-order chi connectivity index (χ0) is 24.9. The van der Waals surface area contributed by atoms with Crippen molar-refractivity contribution < 1.29 is 4.79 Å². The van der Waals surface area contributed by atoms with E-state index in [-0.39, 0.29) is 17.5 Å². The summed E-state index contributed by atoms with van der Waals surface area (Å²) in [6.07, 6.45) is 3.36. The monoisotopic (exact) mass is 479 g/mol. The van der Waals surface area contributed by atoms with Crippen molar-refractivity contribution in [2.45, 2.75) is 19.0 Å². The Bertz CT molecular complexity index is 1310. The predicted octanol–water partition coefficient (Wildman–Crippen LogP) is 3.80. The van der Waals surface area contributed by atoms with Gasteiger partial charge in [-0.25, -0.2) is 4.68 Å². The number of pyridine rings is 1. The molecule has 7 nitrogen and oxygen atoms in total. The Labute approximate surface area is 210 Å². The van der Waals surface area contributed by atoms with E-state index in [1.165, 1.54) is 21.9 Å². The van der Waals surface area contributed by atoms with Crippen LogP contribution in [-0.2, 0) is 4.79 Å². The highest BCUT2D eigenvalue weighted by atomic mass is 16.2. The lowest BCUT2D eigenvalue weighted by molar-refractivity contribution is -0.136. The number of carbonyl (C=O) groups is 1. The number of hydrogen-bond acceptors (Lipinski definition) is 5. The minimum atomic E-state index is -0.690. The van der Waals surface area contributed by atoms with Crippen LogP contribution in [0.25, 0.3) is 11.3 Å². The number of piperazine rings is 1. The number of rotatable bonds is 6. The second-order valence-electron chi connectivity index (χ2n) is 9.00. The summed E-state index contributed by atoms with van der Waals surface area (Å²) in [5.41, 5.74) is 3.66. The summed E-state index contributed by atoms with van der Waals surface area (Å²) in [7, 11) is 0. The van der Waals surface area contributed by atoms with E-state index in [2.05, 4.69) is 63.5 Å². The average Bonchev–Trinajstić information content (AvgIpc) is 2.95. The molecule has 2 aromatic heterocycles. The largest absolute Gasteiger partial charge is 0.338 e.